The standard InChI is InChI=1S/C21H21ClN2O3/c1-27-18-7-5-15-12-16(21(26)24-19(15)13-18)6-8-20(25)23-10-9-14-3-2-4-17(22)11-14/h2-5,7,11-13H,6,8-10H2,1H3,(H,23,25)(H,24,26). The molecule has 0 aliphatic rings. The van der Waals surface area contributed by atoms with Gasteiger partial charge < -0.3 is 15.0 Å². The molecule has 0 saturated heterocycles. The number of ether oxygens (including phenoxy) is 1. The summed E-state index contributed by atoms with van der Waals surface area (Å²) in [5.41, 5.74) is 2.21. The maximum Gasteiger partial charge on any atom is 0.251 e. The van der Waals surface area contributed by atoms with Crippen molar-refractivity contribution in [1.29, 1.82) is 0 Å². The Morgan fingerprint density at radius 3 is 2.78 bits per heavy atom. The number of benzene rings is 2. The second-order valence-corrected chi connectivity index (χ2v) is 6.74. The van der Waals surface area contributed by atoms with Crippen molar-refractivity contribution in [1.82, 2.24) is 10.3 Å². The minimum Gasteiger partial charge on any atom is -0.497 e. The van der Waals surface area contributed by atoms with E-state index in [9.17, 15) is 9.59 Å². The molecule has 1 aromatic heterocycles. The van der Waals surface area contributed by atoms with E-state index < -0.39 is 0 Å². The van der Waals surface area contributed by atoms with Gasteiger partial charge in [-0.25, -0.2) is 0 Å². The molecule has 27 heavy (non-hydrogen) atoms. The summed E-state index contributed by atoms with van der Waals surface area (Å²) in [5, 5.41) is 4.48. The van der Waals surface area contributed by atoms with Crippen molar-refractivity contribution in [2.75, 3.05) is 13.7 Å². The molecule has 6 heteroatoms. The highest BCUT2D eigenvalue weighted by molar-refractivity contribution is 6.30. The fourth-order valence-electron chi connectivity index (χ4n) is 2.91. The van der Waals surface area contributed by atoms with Crippen molar-refractivity contribution < 1.29 is 9.53 Å². The first kappa shape index (κ1) is 19.0. The average Bonchev–Trinajstić information content (AvgIpc) is 2.66. The summed E-state index contributed by atoms with van der Waals surface area (Å²) in [4.78, 5) is 27.1. The minimum atomic E-state index is -0.178. The van der Waals surface area contributed by atoms with Crippen LogP contribution in [0.4, 0.5) is 0 Å². The molecular formula is C21H21ClN2O3. The van der Waals surface area contributed by atoms with Gasteiger partial charge in [-0.1, -0.05) is 23.7 Å². The molecule has 0 bridgehead atoms. The summed E-state index contributed by atoms with van der Waals surface area (Å²) >= 11 is 5.95. The molecule has 0 fully saturated rings. The second-order valence-electron chi connectivity index (χ2n) is 6.31. The van der Waals surface area contributed by atoms with Crippen molar-refractivity contribution in [3.05, 3.63) is 75.0 Å². The highest BCUT2D eigenvalue weighted by Crippen LogP contribution is 2.18. The van der Waals surface area contributed by atoms with Crippen LogP contribution >= 0.6 is 11.6 Å². The zero-order valence-electron chi connectivity index (χ0n) is 15.0. The molecule has 140 valence electrons. The molecule has 0 aliphatic carbocycles. The lowest BCUT2D eigenvalue weighted by atomic mass is 10.1. The van der Waals surface area contributed by atoms with Crippen LogP contribution in [0.1, 0.15) is 17.5 Å². The number of methoxy groups -OCH3 is 1. The van der Waals surface area contributed by atoms with Crippen LogP contribution in [0.5, 0.6) is 5.75 Å². The third-order valence-corrected chi connectivity index (χ3v) is 4.61. The number of carbonyl (C=O) groups is 1. The van der Waals surface area contributed by atoms with Gasteiger partial charge in [0.2, 0.25) is 5.91 Å². The molecule has 0 spiro atoms. The van der Waals surface area contributed by atoms with Crippen molar-refractivity contribution >= 4 is 28.4 Å². The van der Waals surface area contributed by atoms with Gasteiger partial charge in [-0.05, 0) is 54.1 Å². The molecule has 0 aliphatic heterocycles. The molecule has 0 radical (unpaired) electrons. The third-order valence-electron chi connectivity index (χ3n) is 4.38. The predicted molar refractivity (Wildman–Crippen MR) is 108 cm³/mol. The zero-order valence-corrected chi connectivity index (χ0v) is 15.8. The Balaban J connectivity index is 1.55. The van der Waals surface area contributed by atoms with Crippen molar-refractivity contribution in [2.45, 2.75) is 19.3 Å². The zero-order chi connectivity index (χ0) is 19.2. The Kier molecular flexibility index (Phi) is 6.14. The number of hydrogen-bond acceptors (Lipinski definition) is 3. The Bertz CT molecular complexity index is 1010. The average molecular weight is 385 g/mol. The first-order valence-electron chi connectivity index (χ1n) is 8.76. The summed E-state index contributed by atoms with van der Waals surface area (Å²) in [6.07, 6.45) is 1.37. The summed E-state index contributed by atoms with van der Waals surface area (Å²) in [6.45, 7) is 0.535. The van der Waals surface area contributed by atoms with E-state index >= 15 is 0 Å². The maximum atomic E-state index is 12.2. The van der Waals surface area contributed by atoms with Crippen LogP contribution < -0.4 is 15.6 Å². The van der Waals surface area contributed by atoms with Gasteiger partial charge >= 0.3 is 0 Å². The number of halogens is 1. The molecule has 0 atom stereocenters. The van der Waals surface area contributed by atoms with Crippen LogP contribution in [-0.2, 0) is 17.6 Å². The molecule has 5 nitrogen and oxygen atoms in total. The van der Waals surface area contributed by atoms with Gasteiger partial charge in [-0.2, -0.15) is 0 Å². The quantitative estimate of drug-likeness (QED) is 0.655. The van der Waals surface area contributed by atoms with Crippen molar-refractivity contribution in [3.8, 4) is 5.75 Å². The Hall–Kier alpha value is -2.79. The van der Waals surface area contributed by atoms with Gasteiger partial charge in [-0.3, -0.25) is 9.59 Å². The topological polar surface area (TPSA) is 71.2 Å². The van der Waals surface area contributed by atoms with E-state index in [-0.39, 0.29) is 17.9 Å². The van der Waals surface area contributed by atoms with E-state index in [1.54, 1.807) is 13.2 Å². The van der Waals surface area contributed by atoms with Crippen molar-refractivity contribution in [3.63, 3.8) is 0 Å². The summed E-state index contributed by atoms with van der Waals surface area (Å²) < 4.78 is 5.17. The fraction of sp³-hybridized carbons (Fsp3) is 0.238. The molecule has 0 unspecified atom stereocenters. The number of H-pyrrole nitrogens is 1. The van der Waals surface area contributed by atoms with Gasteiger partial charge in [0.05, 0.1) is 12.6 Å². The number of nitrogens with one attached hydrogen (secondary N) is 2. The molecule has 1 heterocycles. The molecule has 3 rings (SSSR count). The number of aromatic amines is 1. The van der Waals surface area contributed by atoms with Crippen LogP contribution in [0.3, 0.4) is 0 Å². The van der Waals surface area contributed by atoms with Gasteiger partial charge in [0.15, 0.2) is 0 Å². The summed E-state index contributed by atoms with van der Waals surface area (Å²) in [6, 6.07) is 14.9. The van der Waals surface area contributed by atoms with E-state index in [2.05, 4.69) is 10.3 Å². The number of amides is 1. The van der Waals surface area contributed by atoms with E-state index in [0.29, 0.717) is 41.2 Å². The number of aryl methyl sites for hydroxylation is 1. The van der Waals surface area contributed by atoms with E-state index in [1.165, 1.54) is 0 Å². The van der Waals surface area contributed by atoms with Crippen LogP contribution in [0.2, 0.25) is 5.02 Å². The normalized spacial score (nSPS) is 10.7. The second kappa shape index (κ2) is 8.73. The molecule has 0 saturated carbocycles. The van der Waals surface area contributed by atoms with E-state index in [4.69, 9.17) is 16.3 Å². The molecule has 1 amide bonds. The van der Waals surface area contributed by atoms with Crippen LogP contribution in [0.15, 0.2) is 53.3 Å². The lowest BCUT2D eigenvalue weighted by molar-refractivity contribution is -0.121. The van der Waals surface area contributed by atoms with Crippen LogP contribution in [-0.4, -0.2) is 24.5 Å². The number of pyridine rings is 1. The number of hydrogen-bond donors (Lipinski definition) is 2. The fourth-order valence-corrected chi connectivity index (χ4v) is 3.13. The first-order chi connectivity index (χ1) is 13.0. The molecule has 3 aromatic rings. The van der Waals surface area contributed by atoms with Gasteiger partial charge in [0.25, 0.3) is 5.56 Å². The highest BCUT2D eigenvalue weighted by atomic mass is 35.5. The van der Waals surface area contributed by atoms with Crippen molar-refractivity contribution in [2.24, 2.45) is 0 Å². The van der Waals surface area contributed by atoms with E-state index in [0.717, 1.165) is 10.9 Å². The number of fused-ring (bicyclic) bond motifs is 1. The number of carbonyl (C=O) groups excluding carboxylic acids is 1. The minimum absolute atomic E-state index is 0.0775. The van der Waals surface area contributed by atoms with Gasteiger partial charge in [0, 0.05) is 29.6 Å². The summed E-state index contributed by atoms with van der Waals surface area (Å²) in [7, 11) is 1.58. The van der Waals surface area contributed by atoms with Crippen LogP contribution in [0.25, 0.3) is 10.9 Å². The smallest absolute Gasteiger partial charge is 0.251 e. The lowest BCUT2D eigenvalue weighted by Crippen LogP contribution is -2.26. The molecular weight excluding hydrogens is 364 g/mol. The number of aromatic nitrogens is 1. The highest BCUT2D eigenvalue weighted by Gasteiger charge is 2.07. The predicted octanol–water partition coefficient (Wildman–Crippen LogP) is 3.48. The van der Waals surface area contributed by atoms with Crippen LogP contribution in [0, 0.1) is 0 Å². The maximum absolute atomic E-state index is 12.2. The monoisotopic (exact) mass is 384 g/mol. The molecule has 2 aromatic carbocycles. The SMILES string of the molecule is COc1ccc2cc(CCC(=O)NCCc3cccc(Cl)c3)c(=O)[nH]c2c1. The van der Waals surface area contributed by atoms with E-state index in [1.807, 2.05) is 42.5 Å². The molecule has 2 N–H and O–H groups in total. The summed E-state index contributed by atoms with van der Waals surface area (Å²) in [5.74, 6) is 0.608. The Labute approximate surface area is 162 Å². The first-order valence-corrected chi connectivity index (χ1v) is 9.14. The van der Waals surface area contributed by atoms with Gasteiger partial charge in [-0.15, -0.1) is 0 Å². The number of rotatable bonds is 7. The Morgan fingerprint density at radius 2 is 2.00 bits per heavy atom. The Morgan fingerprint density at radius 1 is 1.15 bits per heavy atom. The van der Waals surface area contributed by atoms with Gasteiger partial charge in [0.1, 0.15) is 5.75 Å². The lowest BCUT2D eigenvalue weighted by Gasteiger charge is -2.07. The largest absolute Gasteiger partial charge is 0.497 e. The third kappa shape index (κ3) is 5.11.